The van der Waals surface area contributed by atoms with Crippen LogP contribution >= 0.6 is 11.3 Å². The summed E-state index contributed by atoms with van der Waals surface area (Å²) in [5.41, 5.74) is 4.43. The minimum atomic E-state index is -0.210. The lowest BCUT2D eigenvalue weighted by Crippen LogP contribution is -2.25. The summed E-state index contributed by atoms with van der Waals surface area (Å²) in [5.74, 6) is -0.294. The van der Waals surface area contributed by atoms with E-state index in [4.69, 9.17) is 0 Å². The highest BCUT2D eigenvalue weighted by molar-refractivity contribution is 7.16. The number of anilines is 1. The maximum atomic E-state index is 12.3. The summed E-state index contributed by atoms with van der Waals surface area (Å²) >= 11 is 1.56. The van der Waals surface area contributed by atoms with Crippen LogP contribution in [0, 0.1) is 0 Å². The highest BCUT2D eigenvalue weighted by Crippen LogP contribution is 2.22. The van der Waals surface area contributed by atoms with Gasteiger partial charge in [0.05, 0.1) is 15.7 Å². The normalized spacial score (nSPS) is 13.7. The van der Waals surface area contributed by atoms with Crippen molar-refractivity contribution in [3.63, 3.8) is 0 Å². The van der Waals surface area contributed by atoms with E-state index >= 15 is 0 Å². The quantitative estimate of drug-likeness (QED) is 0.766. The molecule has 2 aromatic carbocycles. The van der Waals surface area contributed by atoms with Crippen molar-refractivity contribution in [1.29, 1.82) is 0 Å². The van der Waals surface area contributed by atoms with Crippen LogP contribution < -0.4 is 10.6 Å². The molecule has 1 heterocycles. The Hall–Kier alpha value is -2.73. The molecule has 1 fully saturated rings. The van der Waals surface area contributed by atoms with Gasteiger partial charge in [0.25, 0.3) is 11.8 Å². The van der Waals surface area contributed by atoms with E-state index in [1.54, 1.807) is 41.1 Å². The summed E-state index contributed by atoms with van der Waals surface area (Å²) in [6.07, 6.45) is 2.10. The SMILES string of the molecule is O=C(Nc1ccc2scnc2c1)c1ccc(C(=O)NC2CC2)cc1. The number of nitrogens with zero attached hydrogens (tertiary/aromatic N) is 1. The largest absolute Gasteiger partial charge is 0.349 e. The zero-order valence-corrected chi connectivity index (χ0v) is 13.6. The van der Waals surface area contributed by atoms with Gasteiger partial charge in [0, 0.05) is 22.9 Å². The van der Waals surface area contributed by atoms with Crippen molar-refractivity contribution in [2.75, 3.05) is 5.32 Å². The van der Waals surface area contributed by atoms with Crippen LogP contribution in [0.2, 0.25) is 0 Å². The number of hydrogen-bond acceptors (Lipinski definition) is 4. The number of rotatable bonds is 4. The monoisotopic (exact) mass is 337 g/mol. The van der Waals surface area contributed by atoms with Gasteiger partial charge in [-0.3, -0.25) is 9.59 Å². The van der Waals surface area contributed by atoms with Gasteiger partial charge in [-0.05, 0) is 55.3 Å². The van der Waals surface area contributed by atoms with Crippen LogP contribution in [-0.4, -0.2) is 22.8 Å². The minimum absolute atomic E-state index is 0.0848. The zero-order valence-electron chi connectivity index (χ0n) is 12.8. The van der Waals surface area contributed by atoms with Gasteiger partial charge in [0.15, 0.2) is 0 Å². The summed E-state index contributed by atoms with van der Waals surface area (Å²) in [6.45, 7) is 0. The van der Waals surface area contributed by atoms with Crippen LogP contribution in [0.5, 0.6) is 0 Å². The molecule has 1 saturated carbocycles. The molecule has 120 valence electrons. The van der Waals surface area contributed by atoms with Gasteiger partial charge in [0.1, 0.15) is 0 Å². The predicted octanol–water partition coefficient (Wildman–Crippen LogP) is 3.44. The number of amides is 2. The number of fused-ring (bicyclic) bond motifs is 1. The van der Waals surface area contributed by atoms with Gasteiger partial charge >= 0.3 is 0 Å². The number of hydrogen-bond donors (Lipinski definition) is 2. The fourth-order valence-electron chi connectivity index (χ4n) is 2.41. The lowest BCUT2D eigenvalue weighted by molar-refractivity contribution is 0.0949. The van der Waals surface area contributed by atoms with Crippen molar-refractivity contribution in [2.45, 2.75) is 18.9 Å². The molecule has 1 aliphatic carbocycles. The molecule has 0 aliphatic heterocycles. The van der Waals surface area contributed by atoms with E-state index in [9.17, 15) is 9.59 Å². The van der Waals surface area contributed by atoms with Gasteiger partial charge in [-0.15, -0.1) is 11.3 Å². The highest BCUT2D eigenvalue weighted by atomic mass is 32.1. The van der Waals surface area contributed by atoms with Crippen LogP contribution in [0.4, 0.5) is 5.69 Å². The molecular formula is C18H15N3O2S. The second-order valence-corrected chi connectivity index (χ2v) is 6.70. The second-order valence-electron chi connectivity index (χ2n) is 5.81. The van der Waals surface area contributed by atoms with Crippen molar-refractivity contribution < 1.29 is 9.59 Å². The Morgan fingerprint density at radius 1 is 1.00 bits per heavy atom. The minimum Gasteiger partial charge on any atom is -0.349 e. The first-order valence-electron chi connectivity index (χ1n) is 7.74. The Kier molecular flexibility index (Phi) is 3.74. The van der Waals surface area contributed by atoms with Crippen molar-refractivity contribution in [3.8, 4) is 0 Å². The molecule has 6 heteroatoms. The van der Waals surface area contributed by atoms with Gasteiger partial charge < -0.3 is 10.6 Å². The summed E-state index contributed by atoms with van der Waals surface area (Å²) in [5, 5.41) is 5.78. The standard InChI is InChI=1S/C18H15N3O2S/c22-17(20-13-5-6-13)11-1-3-12(4-2-11)18(23)21-14-7-8-16-15(9-14)19-10-24-16/h1-4,7-10,13H,5-6H2,(H,20,22)(H,21,23). The molecule has 0 spiro atoms. The highest BCUT2D eigenvalue weighted by Gasteiger charge is 2.23. The van der Waals surface area contributed by atoms with Crippen molar-refractivity contribution in [1.82, 2.24) is 10.3 Å². The fraction of sp³-hybridized carbons (Fsp3) is 0.167. The number of carbonyl (C=O) groups is 2. The third-order valence-corrected chi connectivity index (χ3v) is 4.72. The first-order chi connectivity index (χ1) is 11.7. The third-order valence-electron chi connectivity index (χ3n) is 3.91. The van der Waals surface area contributed by atoms with E-state index in [1.807, 2.05) is 18.2 Å². The molecule has 3 aromatic rings. The van der Waals surface area contributed by atoms with Crippen molar-refractivity contribution in [2.24, 2.45) is 0 Å². The van der Waals surface area contributed by atoms with Crippen LogP contribution in [0.3, 0.4) is 0 Å². The van der Waals surface area contributed by atoms with E-state index < -0.39 is 0 Å². The molecule has 24 heavy (non-hydrogen) atoms. The lowest BCUT2D eigenvalue weighted by atomic mass is 10.1. The zero-order chi connectivity index (χ0) is 16.5. The van der Waals surface area contributed by atoms with E-state index in [2.05, 4.69) is 15.6 Å². The Morgan fingerprint density at radius 2 is 1.71 bits per heavy atom. The molecule has 0 saturated heterocycles. The first kappa shape index (κ1) is 14.8. The molecule has 5 nitrogen and oxygen atoms in total. The Morgan fingerprint density at radius 3 is 2.42 bits per heavy atom. The molecule has 0 radical (unpaired) electrons. The number of nitrogens with one attached hydrogen (secondary N) is 2. The number of benzene rings is 2. The summed E-state index contributed by atoms with van der Waals surface area (Å²) in [6, 6.07) is 12.6. The molecule has 0 bridgehead atoms. The van der Waals surface area contributed by atoms with Crippen LogP contribution in [0.25, 0.3) is 10.2 Å². The van der Waals surface area contributed by atoms with E-state index in [1.165, 1.54) is 0 Å². The molecular weight excluding hydrogens is 322 g/mol. The summed E-state index contributed by atoms with van der Waals surface area (Å²) in [4.78, 5) is 28.5. The van der Waals surface area contributed by atoms with Crippen LogP contribution in [-0.2, 0) is 0 Å². The molecule has 2 amide bonds. The van der Waals surface area contributed by atoms with Crippen molar-refractivity contribution in [3.05, 3.63) is 59.1 Å². The van der Waals surface area contributed by atoms with Crippen LogP contribution in [0.1, 0.15) is 33.6 Å². The first-order valence-corrected chi connectivity index (χ1v) is 8.62. The molecule has 1 aromatic heterocycles. The smallest absolute Gasteiger partial charge is 0.255 e. The average molecular weight is 337 g/mol. The topological polar surface area (TPSA) is 71.1 Å². The van der Waals surface area contributed by atoms with Gasteiger partial charge in [0.2, 0.25) is 0 Å². The van der Waals surface area contributed by atoms with Crippen LogP contribution in [0.15, 0.2) is 48.0 Å². The summed E-state index contributed by atoms with van der Waals surface area (Å²) < 4.78 is 1.08. The predicted molar refractivity (Wildman–Crippen MR) is 94.5 cm³/mol. The lowest BCUT2D eigenvalue weighted by Gasteiger charge is -2.07. The fourth-order valence-corrected chi connectivity index (χ4v) is 3.07. The Labute approximate surface area is 142 Å². The van der Waals surface area contributed by atoms with Crippen molar-refractivity contribution >= 4 is 39.1 Å². The van der Waals surface area contributed by atoms with E-state index in [0.717, 1.165) is 23.1 Å². The number of aromatic nitrogens is 1. The molecule has 0 unspecified atom stereocenters. The van der Waals surface area contributed by atoms with Gasteiger partial charge in [-0.1, -0.05) is 0 Å². The van der Waals surface area contributed by atoms with Gasteiger partial charge in [-0.2, -0.15) is 0 Å². The molecule has 4 rings (SSSR count). The number of carbonyl (C=O) groups excluding carboxylic acids is 2. The molecule has 2 N–H and O–H groups in total. The Balaban J connectivity index is 1.46. The third kappa shape index (κ3) is 3.14. The maximum Gasteiger partial charge on any atom is 0.255 e. The maximum absolute atomic E-state index is 12.3. The molecule has 0 atom stereocenters. The average Bonchev–Trinajstić information content (AvgIpc) is 3.29. The van der Waals surface area contributed by atoms with E-state index in [0.29, 0.717) is 22.9 Å². The van der Waals surface area contributed by atoms with E-state index in [-0.39, 0.29) is 11.8 Å². The summed E-state index contributed by atoms with van der Waals surface area (Å²) in [7, 11) is 0. The Bertz CT molecular complexity index is 913. The second kappa shape index (κ2) is 6.05. The molecule has 1 aliphatic rings. The number of thiazole rings is 1. The van der Waals surface area contributed by atoms with Gasteiger partial charge in [-0.25, -0.2) is 4.98 Å².